The first-order valence-electron chi connectivity index (χ1n) is 6.25. The zero-order chi connectivity index (χ0) is 9.71. The fourth-order valence-corrected chi connectivity index (χ4v) is 4.96. The van der Waals surface area contributed by atoms with E-state index in [2.05, 4.69) is 0 Å². The molecule has 0 unspecified atom stereocenters. The van der Waals surface area contributed by atoms with E-state index in [1.165, 1.54) is 25.7 Å². The van der Waals surface area contributed by atoms with Crippen molar-refractivity contribution in [3.8, 4) is 0 Å². The first-order valence-corrected chi connectivity index (χ1v) is 6.25. The highest BCUT2D eigenvalue weighted by molar-refractivity contribution is 5.05. The van der Waals surface area contributed by atoms with Gasteiger partial charge in [-0.1, -0.05) is 0 Å². The Labute approximate surface area is 86.4 Å². The second kappa shape index (κ2) is 3.21. The summed E-state index contributed by atoms with van der Waals surface area (Å²) in [5, 5.41) is 0. The minimum Gasteiger partial charge on any atom is -0.330 e. The number of nitrogens with two attached hydrogens (primary N) is 2. The molecule has 4 N–H and O–H groups in total. The molecule has 0 saturated heterocycles. The monoisotopic (exact) mass is 194 g/mol. The first-order chi connectivity index (χ1) is 6.85. The van der Waals surface area contributed by atoms with Crippen LogP contribution in [-0.2, 0) is 0 Å². The smallest absolute Gasteiger partial charge is 0.00460 e. The largest absolute Gasteiger partial charge is 0.330 e. The summed E-state index contributed by atoms with van der Waals surface area (Å²) >= 11 is 0. The van der Waals surface area contributed by atoms with E-state index >= 15 is 0 Å². The van der Waals surface area contributed by atoms with Crippen LogP contribution >= 0.6 is 0 Å². The molecular formula is C12H22N2. The van der Waals surface area contributed by atoms with E-state index in [4.69, 9.17) is 11.5 Å². The maximum atomic E-state index is 5.86. The highest BCUT2D eigenvalue weighted by atomic mass is 14.7. The van der Waals surface area contributed by atoms with Crippen molar-refractivity contribution in [2.45, 2.75) is 25.7 Å². The maximum Gasteiger partial charge on any atom is -0.00460 e. The Bertz CT molecular complexity index is 226. The van der Waals surface area contributed by atoms with Gasteiger partial charge in [0.1, 0.15) is 0 Å². The SMILES string of the molecule is NC[C@@H]1C[C@H]2C[C@@H]1[C@@H]1CC[C@@H](CN)[C@@H]21. The molecule has 2 bridgehead atoms. The lowest BCUT2D eigenvalue weighted by Gasteiger charge is -2.33. The van der Waals surface area contributed by atoms with Gasteiger partial charge in [-0.05, 0) is 74.3 Å². The lowest BCUT2D eigenvalue weighted by molar-refractivity contribution is 0.166. The van der Waals surface area contributed by atoms with Crippen LogP contribution in [0, 0.1) is 35.5 Å². The summed E-state index contributed by atoms with van der Waals surface area (Å²) in [6.07, 6.45) is 5.74. The van der Waals surface area contributed by atoms with Gasteiger partial charge in [-0.3, -0.25) is 0 Å². The molecule has 80 valence electrons. The Balaban J connectivity index is 1.80. The first kappa shape index (κ1) is 9.17. The minimum absolute atomic E-state index is 0.855. The number of fused-ring (bicyclic) bond motifs is 5. The lowest BCUT2D eigenvalue weighted by atomic mass is 9.73. The van der Waals surface area contributed by atoms with Gasteiger partial charge in [0.2, 0.25) is 0 Å². The molecule has 0 radical (unpaired) electrons. The molecule has 0 aromatic rings. The van der Waals surface area contributed by atoms with Crippen molar-refractivity contribution in [1.82, 2.24) is 0 Å². The third-order valence-electron chi connectivity index (χ3n) is 5.40. The molecule has 0 aliphatic heterocycles. The molecule has 3 aliphatic carbocycles. The molecule has 2 nitrogen and oxygen atoms in total. The Morgan fingerprint density at radius 1 is 0.857 bits per heavy atom. The normalized spacial score (nSPS) is 55.3. The van der Waals surface area contributed by atoms with Crippen LogP contribution in [0.25, 0.3) is 0 Å². The van der Waals surface area contributed by atoms with Crippen LogP contribution in [0.4, 0.5) is 0 Å². The summed E-state index contributed by atoms with van der Waals surface area (Å²) in [4.78, 5) is 0. The van der Waals surface area contributed by atoms with Crippen LogP contribution in [0.3, 0.4) is 0 Å². The van der Waals surface area contributed by atoms with Crippen molar-refractivity contribution in [1.29, 1.82) is 0 Å². The predicted molar refractivity (Wildman–Crippen MR) is 57.5 cm³/mol. The average Bonchev–Trinajstić information content (AvgIpc) is 2.87. The molecule has 2 heteroatoms. The predicted octanol–water partition coefficient (Wildman–Crippen LogP) is 1.20. The number of hydrogen-bond acceptors (Lipinski definition) is 2. The van der Waals surface area contributed by atoms with Gasteiger partial charge in [-0.15, -0.1) is 0 Å². The molecule has 0 aromatic heterocycles. The molecule has 0 amide bonds. The van der Waals surface area contributed by atoms with E-state index in [1.807, 2.05) is 0 Å². The van der Waals surface area contributed by atoms with E-state index < -0.39 is 0 Å². The summed E-state index contributed by atoms with van der Waals surface area (Å²) < 4.78 is 0. The fraction of sp³-hybridized carbons (Fsp3) is 1.00. The fourth-order valence-electron chi connectivity index (χ4n) is 4.96. The molecular weight excluding hydrogens is 172 g/mol. The van der Waals surface area contributed by atoms with E-state index in [1.54, 1.807) is 0 Å². The van der Waals surface area contributed by atoms with Gasteiger partial charge in [0.05, 0.1) is 0 Å². The molecule has 6 atom stereocenters. The number of rotatable bonds is 2. The zero-order valence-electron chi connectivity index (χ0n) is 8.86. The topological polar surface area (TPSA) is 52.0 Å². The van der Waals surface area contributed by atoms with Crippen molar-refractivity contribution in [2.75, 3.05) is 13.1 Å². The quantitative estimate of drug-likeness (QED) is 0.694. The average molecular weight is 194 g/mol. The lowest BCUT2D eigenvalue weighted by Crippen LogP contribution is -2.32. The van der Waals surface area contributed by atoms with Crippen LogP contribution in [0.1, 0.15) is 25.7 Å². The highest BCUT2D eigenvalue weighted by Gasteiger charge is 2.56. The van der Waals surface area contributed by atoms with Crippen molar-refractivity contribution in [3.05, 3.63) is 0 Å². The molecule has 0 heterocycles. The van der Waals surface area contributed by atoms with Crippen LogP contribution < -0.4 is 11.5 Å². The van der Waals surface area contributed by atoms with Gasteiger partial charge >= 0.3 is 0 Å². The second-order valence-electron chi connectivity index (χ2n) is 5.71. The summed E-state index contributed by atoms with van der Waals surface area (Å²) in [6.45, 7) is 1.86. The van der Waals surface area contributed by atoms with Gasteiger partial charge in [0.15, 0.2) is 0 Å². The molecule has 3 rings (SSSR count). The van der Waals surface area contributed by atoms with Crippen LogP contribution in [0.5, 0.6) is 0 Å². The van der Waals surface area contributed by atoms with Gasteiger partial charge in [-0.25, -0.2) is 0 Å². The van der Waals surface area contributed by atoms with E-state index in [9.17, 15) is 0 Å². The third kappa shape index (κ3) is 1.04. The molecule has 3 aliphatic rings. The van der Waals surface area contributed by atoms with Crippen molar-refractivity contribution >= 4 is 0 Å². The van der Waals surface area contributed by atoms with Gasteiger partial charge in [-0.2, -0.15) is 0 Å². The van der Waals surface area contributed by atoms with Gasteiger partial charge in [0.25, 0.3) is 0 Å². The van der Waals surface area contributed by atoms with Gasteiger partial charge in [0, 0.05) is 0 Å². The third-order valence-corrected chi connectivity index (χ3v) is 5.40. The summed E-state index contributed by atoms with van der Waals surface area (Å²) in [5.41, 5.74) is 11.7. The zero-order valence-corrected chi connectivity index (χ0v) is 8.86. The molecule has 0 aromatic carbocycles. The molecule has 0 spiro atoms. The van der Waals surface area contributed by atoms with Crippen LogP contribution in [0.15, 0.2) is 0 Å². The summed E-state index contributed by atoms with van der Waals surface area (Å²) in [6, 6.07) is 0. The van der Waals surface area contributed by atoms with E-state index in [0.717, 1.165) is 48.6 Å². The Kier molecular flexibility index (Phi) is 2.10. The van der Waals surface area contributed by atoms with Crippen molar-refractivity contribution < 1.29 is 0 Å². The summed E-state index contributed by atoms with van der Waals surface area (Å²) in [5.74, 6) is 5.69. The van der Waals surface area contributed by atoms with Crippen molar-refractivity contribution in [3.63, 3.8) is 0 Å². The van der Waals surface area contributed by atoms with Crippen LogP contribution in [-0.4, -0.2) is 13.1 Å². The van der Waals surface area contributed by atoms with Crippen molar-refractivity contribution in [2.24, 2.45) is 47.0 Å². The molecule has 14 heavy (non-hydrogen) atoms. The molecule has 3 saturated carbocycles. The second-order valence-corrected chi connectivity index (χ2v) is 5.71. The summed E-state index contributed by atoms with van der Waals surface area (Å²) in [7, 11) is 0. The van der Waals surface area contributed by atoms with E-state index in [0.29, 0.717) is 0 Å². The Hall–Kier alpha value is -0.0800. The minimum atomic E-state index is 0.855. The number of hydrogen-bond donors (Lipinski definition) is 2. The Morgan fingerprint density at radius 3 is 2.36 bits per heavy atom. The highest BCUT2D eigenvalue weighted by Crippen LogP contribution is 2.62. The van der Waals surface area contributed by atoms with E-state index in [-0.39, 0.29) is 0 Å². The van der Waals surface area contributed by atoms with Crippen LogP contribution in [0.2, 0.25) is 0 Å². The molecule has 3 fully saturated rings. The van der Waals surface area contributed by atoms with Gasteiger partial charge < -0.3 is 11.5 Å². The standard InChI is InChI=1S/C12H22N2/c13-5-7-1-2-10-11-4-8(12(7)10)3-9(11)6-14/h7-12H,1-6,13-14H2/t7-,8-,9-,10-,11-,12-/m0/s1. The Morgan fingerprint density at radius 2 is 1.64 bits per heavy atom. The maximum absolute atomic E-state index is 5.86.